The molecule has 2 aliphatic heterocycles. The monoisotopic (exact) mass is 213 g/mol. The second-order valence-corrected chi connectivity index (χ2v) is 4.03. The largest absolute Gasteiger partial charge is 0.480 e. The fraction of sp³-hybridized carbons (Fsp3) is 0.800. The molecule has 0 spiro atoms. The van der Waals surface area contributed by atoms with Crippen LogP contribution in [-0.4, -0.2) is 47.2 Å². The molecule has 0 aliphatic carbocycles. The highest BCUT2D eigenvalue weighted by Gasteiger charge is 2.38. The lowest BCUT2D eigenvalue weighted by Gasteiger charge is -2.24. The third-order valence-corrected chi connectivity index (χ3v) is 3.03. The van der Waals surface area contributed by atoms with Gasteiger partial charge in [-0.3, -0.25) is 4.79 Å². The molecule has 2 rings (SSSR count). The van der Waals surface area contributed by atoms with Crippen molar-refractivity contribution in [3.05, 3.63) is 0 Å². The lowest BCUT2D eigenvalue weighted by atomic mass is 10.2. The summed E-state index contributed by atoms with van der Waals surface area (Å²) >= 11 is 0. The molecule has 1 amide bonds. The van der Waals surface area contributed by atoms with Crippen molar-refractivity contribution in [2.45, 2.75) is 37.8 Å². The predicted molar refractivity (Wildman–Crippen MR) is 51.3 cm³/mol. The zero-order chi connectivity index (χ0) is 10.8. The summed E-state index contributed by atoms with van der Waals surface area (Å²) < 4.78 is 5.27. The van der Waals surface area contributed by atoms with Crippen LogP contribution in [0, 0.1) is 0 Å². The summed E-state index contributed by atoms with van der Waals surface area (Å²) in [5.41, 5.74) is 0. The van der Waals surface area contributed by atoms with Gasteiger partial charge >= 0.3 is 5.97 Å². The van der Waals surface area contributed by atoms with Crippen LogP contribution in [0.5, 0.6) is 0 Å². The average Bonchev–Trinajstić information content (AvgIpc) is 2.88. The van der Waals surface area contributed by atoms with E-state index in [0.717, 1.165) is 19.3 Å². The molecule has 0 aromatic heterocycles. The topological polar surface area (TPSA) is 66.8 Å². The Balaban J connectivity index is 2.02. The summed E-state index contributed by atoms with van der Waals surface area (Å²) in [5.74, 6) is -1.05. The van der Waals surface area contributed by atoms with Gasteiger partial charge in [-0.15, -0.1) is 0 Å². The summed E-state index contributed by atoms with van der Waals surface area (Å²) in [7, 11) is 0. The first-order chi connectivity index (χ1) is 7.20. The minimum atomic E-state index is -0.904. The number of nitrogens with zero attached hydrogens (tertiary/aromatic N) is 1. The van der Waals surface area contributed by atoms with E-state index in [4.69, 9.17) is 9.84 Å². The van der Waals surface area contributed by atoms with E-state index < -0.39 is 18.1 Å². The maximum atomic E-state index is 11.9. The highest BCUT2D eigenvalue weighted by molar-refractivity contribution is 5.87. The second kappa shape index (κ2) is 4.18. The molecule has 0 aromatic rings. The van der Waals surface area contributed by atoms with Crippen LogP contribution in [0.3, 0.4) is 0 Å². The SMILES string of the molecule is O=C(O)[C@H]1CCCN1C(=O)[C@@H]1CCCO1. The number of hydrogen-bond acceptors (Lipinski definition) is 3. The van der Waals surface area contributed by atoms with Gasteiger partial charge in [-0.25, -0.2) is 4.79 Å². The minimum Gasteiger partial charge on any atom is -0.480 e. The standard InChI is InChI=1S/C10H15NO4/c12-9(8-4-2-6-15-8)11-5-1-3-7(11)10(13)14/h7-8H,1-6H2,(H,13,14)/t7-,8+/m1/s1. The quantitative estimate of drug-likeness (QED) is 0.713. The smallest absolute Gasteiger partial charge is 0.326 e. The van der Waals surface area contributed by atoms with Gasteiger partial charge in [0.2, 0.25) is 0 Å². The van der Waals surface area contributed by atoms with E-state index in [-0.39, 0.29) is 5.91 Å². The molecule has 5 nitrogen and oxygen atoms in total. The number of hydrogen-bond donors (Lipinski definition) is 1. The van der Waals surface area contributed by atoms with E-state index in [1.807, 2.05) is 0 Å². The van der Waals surface area contributed by atoms with Gasteiger partial charge in [-0.1, -0.05) is 0 Å². The Labute approximate surface area is 88.0 Å². The third kappa shape index (κ3) is 1.97. The highest BCUT2D eigenvalue weighted by Crippen LogP contribution is 2.22. The van der Waals surface area contributed by atoms with Gasteiger partial charge in [0.25, 0.3) is 5.91 Å². The van der Waals surface area contributed by atoms with Gasteiger partial charge in [-0.05, 0) is 25.7 Å². The molecular weight excluding hydrogens is 198 g/mol. The molecule has 5 heteroatoms. The van der Waals surface area contributed by atoms with Crippen LogP contribution >= 0.6 is 0 Å². The Hall–Kier alpha value is -1.10. The number of aliphatic carboxylic acids is 1. The van der Waals surface area contributed by atoms with Crippen molar-refractivity contribution in [2.75, 3.05) is 13.2 Å². The van der Waals surface area contributed by atoms with Crippen molar-refractivity contribution in [3.63, 3.8) is 0 Å². The lowest BCUT2D eigenvalue weighted by molar-refractivity contribution is -0.152. The van der Waals surface area contributed by atoms with Crippen LogP contribution in [0.25, 0.3) is 0 Å². The van der Waals surface area contributed by atoms with Crippen molar-refractivity contribution in [1.29, 1.82) is 0 Å². The Morgan fingerprint density at radius 2 is 2.07 bits per heavy atom. The lowest BCUT2D eigenvalue weighted by Crippen LogP contribution is -2.45. The van der Waals surface area contributed by atoms with E-state index in [1.165, 1.54) is 4.90 Å². The van der Waals surface area contributed by atoms with Gasteiger partial charge in [0.15, 0.2) is 0 Å². The van der Waals surface area contributed by atoms with Gasteiger partial charge in [0.1, 0.15) is 12.1 Å². The van der Waals surface area contributed by atoms with Crippen LogP contribution in [-0.2, 0) is 14.3 Å². The molecule has 2 heterocycles. The number of likely N-dealkylation sites (tertiary alicyclic amines) is 1. The van der Waals surface area contributed by atoms with Gasteiger partial charge < -0.3 is 14.7 Å². The molecule has 0 unspecified atom stereocenters. The molecule has 0 bridgehead atoms. The molecule has 0 radical (unpaired) electrons. The molecule has 15 heavy (non-hydrogen) atoms. The number of ether oxygens (including phenoxy) is 1. The van der Waals surface area contributed by atoms with E-state index in [0.29, 0.717) is 19.6 Å². The molecule has 0 saturated carbocycles. The van der Waals surface area contributed by atoms with E-state index in [9.17, 15) is 9.59 Å². The molecule has 2 atom stereocenters. The van der Waals surface area contributed by atoms with Gasteiger partial charge in [0.05, 0.1) is 0 Å². The maximum absolute atomic E-state index is 11.9. The highest BCUT2D eigenvalue weighted by atomic mass is 16.5. The van der Waals surface area contributed by atoms with Crippen molar-refractivity contribution in [3.8, 4) is 0 Å². The Morgan fingerprint density at radius 3 is 2.67 bits per heavy atom. The van der Waals surface area contributed by atoms with Crippen molar-refractivity contribution in [2.24, 2.45) is 0 Å². The van der Waals surface area contributed by atoms with Crippen LogP contribution in [0.4, 0.5) is 0 Å². The second-order valence-electron chi connectivity index (χ2n) is 4.03. The predicted octanol–water partition coefficient (Wildman–Crippen LogP) is 0.241. The minimum absolute atomic E-state index is 0.141. The number of carbonyl (C=O) groups is 2. The summed E-state index contributed by atoms with van der Waals surface area (Å²) in [6.45, 7) is 1.16. The maximum Gasteiger partial charge on any atom is 0.326 e. The molecule has 84 valence electrons. The number of carbonyl (C=O) groups excluding carboxylic acids is 1. The summed E-state index contributed by atoms with van der Waals surface area (Å²) in [6, 6.07) is -0.637. The first kappa shape index (κ1) is 10.4. The van der Waals surface area contributed by atoms with Crippen molar-refractivity contribution in [1.82, 2.24) is 4.90 Å². The summed E-state index contributed by atoms with van der Waals surface area (Å²) in [5, 5.41) is 8.94. The summed E-state index contributed by atoms with van der Waals surface area (Å²) in [4.78, 5) is 24.3. The van der Waals surface area contributed by atoms with Crippen LogP contribution < -0.4 is 0 Å². The van der Waals surface area contributed by atoms with Crippen LogP contribution in [0.15, 0.2) is 0 Å². The molecule has 1 N–H and O–H groups in total. The molecule has 2 aliphatic rings. The normalized spacial score (nSPS) is 30.8. The fourth-order valence-electron chi connectivity index (χ4n) is 2.24. The van der Waals surface area contributed by atoms with Crippen molar-refractivity contribution < 1.29 is 19.4 Å². The first-order valence-corrected chi connectivity index (χ1v) is 5.35. The van der Waals surface area contributed by atoms with E-state index >= 15 is 0 Å². The van der Waals surface area contributed by atoms with Gasteiger partial charge in [-0.2, -0.15) is 0 Å². The average molecular weight is 213 g/mol. The fourth-order valence-corrected chi connectivity index (χ4v) is 2.24. The van der Waals surface area contributed by atoms with E-state index in [1.54, 1.807) is 0 Å². The van der Waals surface area contributed by atoms with Gasteiger partial charge in [0, 0.05) is 13.2 Å². The zero-order valence-corrected chi connectivity index (χ0v) is 8.52. The van der Waals surface area contributed by atoms with Crippen LogP contribution in [0.1, 0.15) is 25.7 Å². The Bertz CT molecular complexity index is 273. The first-order valence-electron chi connectivity index (χ1n) is 5.35. The van der Waals surface area contributed by atoms with E-state index in [2.05, 4.69) is 0 Å². The molecule has 2 fully saturated rings. The molecule has 0 aromatic carbocycles. The number of carboxylic acids is 1. The number of rotatable bonds is 2. The third-order valence-electron chi connectivity index (χ3n) is 3.03. The van der Waals surface area contributed by atoms with Crippen LogP contribution in [0.2, 0.25) is 0 Å². The Morgan fingerprint density at radius 1 is 1.27 bits per heavy atom. The van der Waals surface area contributed by atoms with Crippen molar-refractivity contribution >= 4 is 11.9 Å². The number of carboxylic acid groups (broad SMARTS) is 1. The number of amides is 1. The zero-order valence-electron chi connectivity index (χ0n) is 8.52. The Kier molecular flexibility index (Phi) is 2.90. The summed E-state index contributed by atoms with van der Waals surface area (Å²) in [6.07, 6.45) is 2.55. The molecular formula is C10H15NO4. The molecule has 2 saturated heterocycles.